The molecule has 0 saturated carbocycles. The number of aromatic nitrogens is 2. The van der Waals surface area contributed by atoms with Crippen molar-refractivity contribution in [2.24, 2.45) is 16.5 Å². The number of primary amides is 2. The Bertz CT molecular complexity index is 1020. The molecule has 0 aliphatic carbocycles. The number of amides is 2. The molecule has 156 valence electrons. The predicted molar refractivity (Wildman–Crippen MR) is 110 cm³/mol. The molecule has 0 bridgehead atoms. The molecule has 0 saturated heterocycles. The molecule has 1 aliphatic heterocycles. The topological polar surface area (TPSA) is 146 Å². The van der Waals surface area contributed by atoms with Crippen molar-refractivity contribution in [1.82, 2.24) is 9.97 Å². The van der Waals surface area contributed by atoms with Crippen LogP contribution in [-0.4, -0.2) is 45.9 Å². The number of dihydropyridines is 1. The Labute approximate surface area is 172 Å². The summed E-state index contributed by atoms with van der Waals surface area (Å²) in [4.78, 5) is 35.5. The number of aliphatic imine (C=N–C) groups is 1. The number of alkyl halides is 1. The number of anilines is 1. The van der Waals surface area contributed by atoms with Crippen molar-refractivity contribution < 1.29 is 18.7 Å². The standard InChI is InChI=1S/C20H21FN6O3/c1-10-14(21)7-8-17(25-10)30-13-5-3-12(4-6-13)20-26-15(19(23)29)9-16(27-20)24-11(2)18(22)28/h3-11,14H,1-2H3,(H2,22,28)(H2,23,29)(H,24,26,27)/t10?,11-,14?/m0/s1. The van der Waals surface area contributed by atoms with Gasteiger partial charge in [-0.2, -0.15) is 0 Å². The first kappa shape index (κ1) is 20.9. The zero-order chi connectivity index (χ0) is 21.8. The lowest BCUT2D eigenvalue weighted by molar-refractivity contribution is -0.118. The second-order valence-electron chi connectivity index (χ2n) is 6.73. The number of hydrogen-bond donors (Lipinski definition) is 3. The molecule has 2 unspecified atom stereocenters. The summed E-state index contributed by atoms with van der Waals surface area (Å²) in [6.07, 6.45) is 1.75. The van der Waals surface area contributed by atoms with Crippen molar-refractivity contribution in [1.29, 1.82) is 0 Å². The molecule has 0 spiro atoms. The predicted octanol–water partition coefficient (Wildman–Crippen LogP) is 1.60. The highest BCUT2D eigenvalue weighted by Gasteiger charge is 2.18. The number of nitrogens with two attached hydrogens (primary N) is 2. The van der Waals surface area contributed by atoms with Crippen LogP contribution in [0.3, 0.4) is 0 Å². The summed E-state index contributed by atoms with van der Waals surface area (Å²) in [5.74, 6) is -0.0692. The zero-order valence-electron chi connectivity index (χ0n) is 16.4. The Morgan fingerprint density at radius 2 is 1.90 bits per heavy atom. The number of benzene rings is 1. The van der Waals surface area contributed by atoms with E-state index in [1.165, 1.54) is 18.2 Å². The molecule has 2 aromatic rings. The summed E-state index contributed by atoms with van der Waals surface area (Å²) in [6, 6.07) is 6.82. The van der Waals surface area contributed by atoms with Gasteiger partial charge in [-0.1, -0.05) is 0 Å². The van der Waals surface area contributed by atoms with Gasteiger partial charge in [0.1, 0.15) is 29.5 Å². The van der Waals surface area contributed by atoms with Gasteiger partial charge in [0, 0.05) is 11.6 Å². The van der Waals surface area contributed by atoms with E-state index in [1.54, 1.807) is 38.1 Å². The van der Waals surface area contributed by atoms with Crippen LogP contribution in [0.5, 0.6) is 5.75 Å². The van der Waals surface area contributed by atoms with E-state index in [0.29, 0.717) is 17.2 Å². The highest BCUT2D eigenvalue weighted by molar-refractivity contribution is 5.92. The van der Waals surface area contributed by atoms with Gasteiger partial charge < -0.3 is 21.5 Å². The van der Waals surface area contributed by atoms with Crippen molar-refractivity contribution in [3.63, 3.8) is 0 Å². The first-order valence-corrected chi connectivity index (χ1v) is 9.16. The third kappa shape index (κ3) is 4.96. The van der Waals surface area contributed by atoms with Crippen LogP contribution in [0.1, 0.15) is 24.3 Å². The summed E-state index contributed by atoms with van der Waals surface area (Å²) >= 11 is 0. The quantitative estimate of drug-likeness (QED) is 0.657. The lowest BCUT2D eigenvalue weighted by Gasteiger charge is -2.16. The van der Waals surface area contributed by atoms with Crippen molar-refractivity contribution in [2.75, 3.05) is 5.32 Å². The van der Waals surface area contributed by atoms with Gasteiger partial charge in [0.2, 0.25) is 11.8 Å². The number of halogens is 1. The summed E-state index contributed by atoms with van der Waals surface area (Å²) in [6.45, 7) is 3.23. The van der Waals surface area contributed by atoms with Crippen LogP contribution >= 0.6 is 0 Å². The van der Waals surface area contributed by atoms with Crippen molar-refractivity contribution in [2.45, 2.75) is 32.1 Å². The van der Waals surface area contributed by atoms with Crippen LogP contribution in [0.15, 0.2) is 47.5 Å². The van der Waals surface area contributed by atoms with Crippen LogP contribution in [0, 0.1) is 0 Å². The van der Waals surface area contributed by atoms with Crippen LogP contribution < -0.4 is 21.5 Å². The molecule has 9 nitrogen and oxygen atoms in total. The number of carbonyl (C=O) groups is 2. The second-order valence-corrected chi connectivity index (χ2v) is 6.73. The third-order valence-corrected chi connectivity index (χ3v) is 4.32. The maximum atomic E-state index is 13.4. The number of ether oxygens (including phenoxy) is 1. The Hall–Kier alpha value is -3.82. The average Bonchev–Trinajstić information content (AvgIpc) is 2.71. The number of carbonyl (C=O) groups excluding carboxylic acids is 2. The molecule has 3 atom stereocenters. The van der Waals surface area contributed by atoms with E-state index >= 15 is 0 Å². The van der Waals surface area contributed by atoms with Crippen LogP contribution in [-0.2, 0) is 4.79 Å². The van der Waals surface area contributed by atoms with Gasteiger partial charge in [0.25, 0.3) is 5.91 Å². The highest BCUT2D eigenvalue weighted by atomic mass is 19.1. The molecule has 2 amide bonds. The van der Waals surface area contributed by atoms with E-state index in [9.17, 15) is 14.0 Å². The SMILES string of the molecule is CC1N=C(Oc2ccc(-c3nc(N[C@@H](C)C(N)=O)cc(C(N)=O)n3)cc2)C=CC1F. The Morgan fingerprint density at radius 3 is 2.50 bits per heavy atom. The second kappa shape index (κ2) is 8.68. The molecule has 1 aliphatic rings. The van der Waals surface area contributed by atoms with Gasteiger partial charge in [-0.25, -0.2) is 19.4 Å². The minimum Gasteiger partial charge on any atom is -0.439 e. The molecule has 2 heterocycles. The Balaban J connectivity index is 1.83. The maximum absolute atomic E-state index is 13.4. The fourth-order valence-corrected chi connectivity index (χ4v) is 2.57. The molecular weight excluding hydrogens is 391 g/mol. The van der Waals surface area contributed by atoms with E-state index in [1.807, 2.05) is 0 Å². The fraction of sp³-hybridized carbons (Fsp3) is 0.250. The lowest BCUT2D eigenvalue weighted by Crippen LogP contribution is -2.33. The molecule has 1 aromatic heterocycles. The summed E-state index contributed by atoms with van der Waals surface area (Å²) in [7, 11) is 0. The molecule has 0 radical (unpaired) electrons. The lowest BCUT2D eigenvalue weighted by atomic mass is 10.1. The number of rotatable bonds is 6. The molecule has 30 heavy (non-hydrogen) atoms. The van der Waals surface area contributed by atoms with Crippen molar-refractivity contribution in [3.8, 4) is 17.1 Å². The van der Waals surface area contributed by atoms with E-state index in [0.717, 1.165) is 0 Å². The summed E-state index contributed by atoms with van der Waals surface area (Å²) < 4.78 is 19.1. The Kier molecular flexibility index (Phi) is 6.05. The smallest absolute Gasteiger partial charge is 0.267 e. The first-order valence-electron chi connectivity index (χ1n) is 9.16. The molecule has 1 aromatic carbocycles. The van der Waals surface area contributed by atoms with E-state index in [2.05, 4.69) is 20.3 Å². The molecule has 0 fully saturated rings. The minimum absolute atomic E-state index is 0.0176. The molecule has 5 N–H and O–H groups in total. The van der Waals surface area contributed by atoms with E-state index in [4.69, 9.17) is 16.2 Å². The average molecular weight is 412 g/mol. The molecular formula is C20H21FN6O3. The van der Waals surface area contributed by atoms with Gasteiger partial charge in [0.15, 0.2) is 5.82 Å². The number of hydrogen-bond acceptors (Lipinski definition) is 7. The van der Waals surface area contributed by atoms with Crippen molar-refractivity contribution in [3.05, 3.63) is 48.2 Å². The summed E-state index contributed by atoms with van der Waals surface area (Å²) in [5.41, 5.74) is 11.2. The van der Waals surface area contributed by atoms with Crippen LogP contribution in [0.4, 0.5) is 10.2 Å². The number of nitrogens with one attached hydrogen (secondary N) is 1. The van der Waals surface area contributed by atoms with Gasteiger partial charge in [-0.05, 0) is 50.3 Å². The fourth-order valence-electron chi connectivity index (χ4n) is 2.57. The maximum Gasteiger partial charge on any atom is 0.267 e. The molecule has 10 heteroatoms. The van der Waals surface area contributed by atoms with E-state index in [-0.39, 0.29) is 17.3 Å². The number of nitrogens with zero attached hydrogens (tertiary/aromatic N) is 3. The monoisotopic (exact) mass is 412 g/mol. The first-order chi connectivity index (χ1) is 14.2. The van der Waals surface area contributed by atoms with Gasteiger partial charge in [-0.3, -0.25) is 9.59 Å². The largest absolute Gasteiger partial charge is 0.439 e. The zero-order valence-corrected chi connectivity index (χ0v) is 16.4. The summed E-state index contributed by atoms with van der Waals surface area (Å²) in [5, 5.41) is 2.81. The van der Waals surface area contributed by atoms with Gasteiger partial charge in [0.05, 0.1) is 6.04 Å². The van der Waals surface area contributed by atoms with Crippen LogP contribution in [0.25, 0.3) is 11.4 Å². The Morgan fingerprint density at radius 1 is 1.20 bits per heavy atom. The van der Waals surface area contributed by atoms with Gasteiger partial charge in [-0.15, -0.1) is 0 Å². The third-order valence-electron chi connectivity index (χ3n) is 4.32. The van der Waals surface area contributed by atoms with Crippen LogP contribution in [0.2, 0.25) is 0 Å². The van der Waals surface area contributed by atoms with Gasteiger partial charge >= 0.3 is 0 Å². The van der Waals surface area contributed by atoms with Crippen molar-refractivity contribution >= 4 is 23.5 Å². The highest BCUT2D eigenvalue weighted by Crippen LogP contribution is 2.23. The normalized spacial score (nSPS) is 19.0. The minimum atomic E-state index is -1.13. The van der Waals surface area contributed by atoms with E-state index < -0.39 is 30.1 Å². The molecule has 3 rings (SSSR count).